The standard InChI is InChI=1S/C25H26N4O4S/c1-33-21-12-10-20(11-13-21)28-14-16-29(17-15-28)25(30)19-8-6-18(7-9-19)24-26-22-4-2-3-5-23(22)34(31,32)27-24/h2-13,24,26-27H,14-17H2,1H3. The zero-order chi connectivity index (χ0) is 23.7. The van der Waals surface area contributed by atoms with Gasteiger partial charge in [-0.15, -0.1) is 0 Å². The van der Waals surface area contributed by atoms with Gasteiger partial charge in [0.1, 0.15) is 16.8 Å². The molecule has 1 atom stereocenters. The Kier molecular flexibility index (Phi) is 5.89. The Hall–Kier alpha value is -3.56. The van der Waals surface area contributed by atoms with Crippen LogP contribution in [0.3, 0.4) is 0 Å². The SMILES string of the molecule is COc1ccc(N2CCN(C(=O)c3ccc(C4Nc5ccccc5S(=O)(=O)N4)cc3)CC2)cc1. The number of benzene rings is 3. The molecule has 2 N–H and O–H groups in total. The average molecular weight is 479 g/mol. The maximum absolute atomic E-state index is 13.0. The largest absolute Gasteiger partial charge is 0.497 e. The molecule has 3 aromatic carbocycles. The van der Waals surface area contributed by atoms with Gasteiger partial charge in [-0.1, -0.05) is 24.3 Å². The first-order valence-corrected chi connectivity index (χ1v) is 12.6. The fourth-order valence-electron chi connectivity index (χ4n) is 4.34. The molecule has 0 aliphatic carbocycles. The van der Waals surface area contributed by atoms with Gasteiger partial charge in [0.15, 0.2) is 0 Å². The molecule has 1 saturated heterocycles. The van der Waals surface area contributed by atoms with Crippen molar-refractivity contribution >= 4 is 27.3 Å². The Morgan fingerprint density at radius 2 is 1.59 bits per heavy atom. The molecule has 9 heteroatoms. The predicted octanol–water partition coefficient (Wildman–Crippen LogP) is 3.06. The normalized spacial score (nSPS) is 19.1. The molecular weight excluding hydrogens is 452 g/mol. The van der Waals surface area contributed by atoms with Gasteiger partial charge >= 0.3 is 0 Å². The number of anilines is 2. The maximum atomic E-state index is 13.0. The minimum atomic E-state index is -3.61. The number of sulfonamides is 1. The molecule has 0 saturated carbocycles. The van der Waals surface area contributed by atoms with Crippen LogP contribution in [0.1, 0.15) is 22.1 Å². The Labute approximate surface area is 199 Å². The summed E-state index contributed by atoms with van der Waals surface area (Å²) in [6.45, 7) is 2.77. The maximum Gasteiger partial charge on any atom is 0.253 e. The van der Waals surface area contributed by atoms with E-state index < -0.39 is 16.2 Å². The summed E-state index contributed by atoms with van der Waals surface area (Å²) in [7, 11) is -1.97. The molecule has 0 radical (unpaired) electrons. The van der Waals surface area contributed by atoms with Crippen LogP contribution >= 0.6 is 0 Å². The monoisotopic (exact) mass is 478 g/mol. The van der Waals surface area contributed by atoms with E-state index in [1.165, 1.54) is 0 Å². The molecule has 1 unspecified atom stereocenters. The van der Waals surface area contributed by atoms with E-state index in [2.05, 4.69) is 14.9 Å². The van der Waals surface area contributed by atoms with Gasteiger partial charge in [0.25, 0.3) is 5.91 Å². The van der Waals surface area contributed by atoms with E-state index in [0.717, 1.165) is 30.1 Å². The van der Waals surface area contributed by atoms with Crippen molar-refractivity contribution in [2.45, 2.75) is 11.1 Å². The van der Waals surface area contributed by atoms with Gasteiger partial charge in [-0.25, -0.2) is 8.42 Å². The van der Waals surface area contributed by atoms with Crippen LogP contribution in [0.25, 0.3) is 0 Å². The second kappa shape index (κ2) is 9.00. The Morgan fingerprint density at radius 1 is 0.912 bits per heavy atom. The fraction of sp³-hybridized carbons (Fsp3) is 0.240. The Balaban J connectivity index is 1.23. The summed E-state index contributed by atoms with van der Waals surface area (Å²) in [5.41, 5.74) is 2.99. The first-order valence-electron chi connectivity index (χ1n) is 11.1. The predicted molar refractivity (Wildman–Crippen MR) is 131 cm³/mol. The van der Waals surface area contributed by atoms with E-state index in [1.54, 1.807) is 55.6 Å². The topological polar surface area (TPSA) is 91.0 Å². The number of ether oxygens (including phenoxy) is 1. The molecule has 0 spiro atoms. The Morgan fingerprint density at radius 3 is 2.26 bits per heavy atom. The lowest BCUT2D eigenvalue weighted by atomic mass is 10.1. The quantitative estimate of drug-likeness (QED) is 0.599. The molecule has 1 amide bonds. The van der Waals surface area contributed by atoms with Crippen LogP contribution in [-0.4, -0.2) is 52.5 Å². The summed E-state index contributed by atoms with van der Waals surface area (Å²) in [4.78, 5) is 17.4. The Bertz CT molecular complexity index is 1290. The van der Waals surface area contributed by atoms with Crippen molar-refractivity contribution in [3.8, 4) is 5.75 Å². The molecule has 3 aromatic rings. The molecule has 176 valence electrons. The smallest absolute Gasteiger partial charge is 0.253 e. The number of carbonyl (C=O) groups is 1. The van der Waals surface area contributed by atoms with E-state index in [9.17, 15) is 13.2 Å². The number of nitrogens with zero attached hydrogens (tertiary/aromatic N) is 2. The summed E-state index contributed by atoms with van der Waals surface area (Å²) in [5.74, 6) is 0.796. The summed E-state index contributed by atoms with van der Waals surface area (Å²) in [5, 5.41) is 3.21. The number of carbonyl (C=O) groups excluding carboxylic acids is 1. The molecule has 0 bridgehead atoms. The first kappa shape index (κ1) is 22.2. The zero-order valence-electron chi connectivity index (χ0n) is 18.8. The lowest BCUT2D eigenvalue weighted by Crippen LogP contribution is -2.48. The van der Waals surface area contributed by atoms with Crippen molar-refractivity contribution in [1.29, 1.82) is 0 Å². The van der Waals surface area contributed by atoms with Gasteiger partial charge in [0, 0.05) is 37.4 Å². The van der Waals surface area contributed by atoms with Crippen LogP contribution < -0.4 is 19.7 Å². The first-order chi connectivity index (χ1) is 16.4. The second-order valence-electron chi connectivity index (χ2n) is 8.29. The van der Waals surface area contributed by atoms with Crippen LogP contribution in [0.5, 0.6) is 5.75 Å². The fourth-order valence-corrected chi connectivity index (χ4v) is 5.64. The molecule has 2 aliphatic heterocycles. The number of para-hydroxylation sites is 1. The van der Waals surface area contributed by atoms with Gasteiger partial charge in [-0.2, -0.15) is 4.72 Å². The van der Waals surface area contributed by atoms with E-state index in [4.69, 9.17) is 4.74 Å². The van der Waals surface area contributed by atoms with Crippen molar-refractivity contribution in [2.75, 3.05) is 43.5 Å². The summed E-state index contributed by atoms with van der Waals surface area (Å²) in [6, 6.07) is 21.8. The summed E-state index contributed by atoms with van der Waals surface area (Å²) >= 11 is 0. The van der Waals surface area contributed by atoms with Crippen LogP contribution in [0, 0.1) is 0 Å². The van der Waals surface area contributed by atoms with Crippen LogP contribution in [0.2, 0.25) is 0 Å². The summed E-state index contributed by atoms with van der Waals surface area (Å²) < 4.78 is 33.0. The van der Waals surface area contributed by atoms with Crippen LogP contribution in [0.15, 0.2) is 77.7 Å². The number of piperazine rings is 1. The van der Waals surface area contributed by atoms with Crippen molar-refractivity contribution in [3.63, 3.8) is 0 Å². The van der Waals surface area contributed by atoms with Gasteiger partial charge in [-0.05, 0) is 54.1 Å². The number of amides is 1. The van der Waals surface area contributed by atoms with E-state index >= 15 is 0 Å². The lowest BCUT2D eigenvalue weighted by molar-refractivity contribution is 0.0746. The number of hydrogen-bond acceptors (Lipinski definition) is 6. The number of methoxy groups -OCH3 is 1. The third-order valence-corrected chi connectivity index (χ3v) is 7.73. The van der Waals surface area contributed by atoms with Gasteiger partial charge in [0.2, 0.25) is 10.0 Å². The van der Waals surface area contributed by atoms with Gasteiger partial charge < -0.3 is 19.9 Å². The molecule has 0 aromatic heterocycles. The minimum Gasteiger partial charge on any atom is -0.497 e. The van der Waals surface area contributed by atoms with Crippen LogP contribution in [-0.2, 0) is 10.0 Å². The molecular formula is C25H26N4O4S. The van der Waals surface area contributed by atoms with E-state index in [0.29, 0.717) is 24.3 Å². The van der Waals surface area contributed by atoms with E-state index in [-0.39, 0.29) is 10.8 Å². The second-order valence-corrected chi connectivity index (χ2v) is 9.98. The highest BCUT2D eigenvalue weighted by molar-refractivity contribution is 7.89. The van der Waals surface area contributed by atoms with Crippen molar-refractivity contribution < 1.29 is 17.9 Å². The third-order valence-electron chi connectivity index (χ3n) is 6.24. The number of fused-ring (bicyclic) bond motifs is 1. The number of nitrogens with one attached hydrogen (secondary N) is 2. The molecule has 8 nitrogen and oxygen atoms in total. The van der Waals surface area contributed by atoms with Crippen molar-refractivity contribution in [3.05, 3.63) is 83.9 Å². The van der Waals surface area contributed by atoms with Crippen LogP contribution in [0.4, 0.5) is 11.4 Å². The number of hydrogen-bond donors (Lipinski definition) is 2. The van der Waals surface area contributed by atoms with E-state index in [1.807, 2.05) is 29.2 Å². The minimum absolute atomic E-state index is 0.0246. The highest BCUT2D eigenvalue weighted by Gasteiger charge is 2.30. The highest BCUT2D eigenvalue weighted by atomic mass is 32.2. The summed E-state index contributed by atoms with van der Waals surface area (Å²) in [6.07, 6.45) is -0.600. The number of rotatable bonds is 4. The third kappa shape index (κ3) is 4.32. The lowest BCUT2D eigenvalue weighted by Gasteiger charge is -2.36. The van der Waals surface area contributed by atoms with Gasteiger partial charge in [-0.3, -0.25) is 4.79 Å². The molecule has 5 rings (SSSR count). The molecule has 1 fully saturated rings. The molecule has 2 aliphatic rings. The van der Waals surface area contributed by atoms with Crippen molar-refractivity contribution in [2.24, 2.45) is 0 Å². The molecule has 34 heavy (non-hydrogen) atoms. The highest BCUT2D eigenvalue weighted by Crippen LogP contribution is 2.31. The van der Waals surface area contributed by atoms with Gasteiger partial charge in [0.05, 0.1) is 12.8 Å². The average Bonchev–Trinajstić information content (AvgIpc) is 2.88. The molecule has 2 heterocycles. The van der Waals surface area contributed by atoms with Crippen molar-refractivity contribution in [1.82, 2.24) is 9.62 Å². The zero-order valence-corrected chi connectivity index (χ0v) is 19.6.